The molecule has 78 valence electrons. The predicted molar refractivity (Wildman–Crippen MR) is 61.0 cm³/mol. The minimum atomic E-state index is -0.287. The molecule has 0 amide bonds. The Morgan fingerprint density at radius 1 is 1.33 bits per heavy atom. The van der Waals surface area contributed by atoms with E-state index in [2.05, 4.69) is 25.9 Å². The highest BCUT2D eigenvalue weighted by molar-refractivity contribution is 9.10. The van der Waals surface area contributed by atoms with Gasteiger partial charge in [-0.1, -0.05) is 13.8 Å². The van der Waals surface area contributed by atoms with E-state index in [1.54, 1.807) is 12.3 Å². The molecule has 4 nitrogen and oxygen atoms in total. The third-order valence-corrected chi connectivity index (χ3v) is 2.52. The Labute approximate surface area is 95.1 Å². The van der Waals surface area contributed by atoms with Crippen molar-refractivity contribution in [3.05, 3.63) is 39.1 Å². The average molecular weight is 268 g/mol. The van der Waals surface area contributed by atoms with Crippen LogP contribution in [0.3, 0.4) is 0 Å². The van der Waals surface area contributed by atoms with Crippen molar-refractivity contribution in [2.45, 2.75) is 19.8 Å². The predicted octanol–water partition coefficient (Wildman–Crippen LogP) is 1.98. The molecular weight excluding hydrogens is 258 g/mol. The van der Waals surface area contributed by atoms with Crippen LogP contribution < -0.4 is 5.69 Å². The molecule has 0 N–H and O–H groups in total. The van der Waals surface area contributed by atoms with Crippen LogP contribution in [0.5, 0.6) is 0 Å². The van der Waals surface area contributed by atoms with Crippen molar-refractivity contribution in [2.24, 2.45) is 0 Å². The lowest BCUT2D eigenvalue weighted by Gasteiger charge is -2.05. The Kier molecular flexibility index (Phi) is 2.56. The fraction of sp³-hybridized carbons (Fsp3) is 0.300. The number of rotatable bonds is 1. The number of halogens is 1. The normalized spacial score (nSPS) is 11.2. The zero-order valence-corrected chi connectivity index (χ0v) is 10.0. The number of aromatic nitrogens is 3. The average Bonchev–Trinajstić information content (AvgIpc) is 2.18. The van der Waals surface area contributed by atoms with Gasteiger partial charge in [0.25, 0.3) is 0 Å². The van der Waals surface area contributed by atoms with Gasteiger partial charge in [-0.15, -0.1) is 0 Å². The van der Waals surface area contributed by atoms with E-state index in [1.165, 1.54) is 4.40 Å². The van der Waals surface area contributed by atoms with Gasteiger partial charge in [0.15, 0.2) is 0 Å². The monoisotopic (exact) mass is 267 g/mol. The Morgan fingerprint density at radius 2 is 2.07 bits per heavy atom. The van der Waals surface area contributed by atoms with Gasteiger partial charge in [-0.3, -0.25) is 4.40 Å². The summed E-state index contributed by atoms with van der Waals surface area (Å²) >= 11 is 3.30. The summed E-state index contributed by atoms with van der Waals surface area (Å²) in [7, 11) is 0. The molecule has 0 aliphatic carbocycles. The van der Waals surface area contributed by atoms with Gasteiger partial charge >= 0.3 is 5.69 Å². The Morgan fingerprint density at radius 3 is 2.73 bits per heavy atom. The van der Waals surface area contributed by atoms with Crippen molar-refractivity contribution in [1.82, 2.24) is 14.4 Å². The van der Waals surface area contributed by atoms with Gasteiger partial charge in [-0.2, -0.15) is 4.98 Å². The molecule has 0 spiro atoms. The van der Waals surface area contributed by atoms with E-state index in [9.17, 15) is 4.79 Å². The fourth-order valence-electron chi connectivity index (χ4n) is 1.26. The molecule has 0 bridgehead atoms. The molecule has 2 aromatic heterocycles. The second-order valence-corrected chi connectivity index (χ2v) is 4.51. The molecule has 2 rings (SSSR count). The first-order valence-electron chi connectivity index (χ1n) is 4.64. The van der Waals surface area contributed by atoms with Gasteiger partial charge in [-0.05, 0) is 28.1 Å². The van der Waals surface area contributed by atoms with E-state index >= 15 is 0 Å². The molecule has 2 heterocycles. The van der Waals surface area contributed by atoms with Crippen LogP contribution in [0.25, 0.3) is 5.65 Å². The van der Waals surface area contributed by atoms with Crippen LogP contribution in [0.2, 0.25) is 0 Å². The van der Waals surface area contributed by atoms with Crippen LogP contribution in [-0.2, 0) is 0 Å². The maximum atomic E-state index is 11.6. The van der Waals surface area contributed by atoms with Crippen molar-refractivity contribution in [1.29, 1.82) is 0 Å². The van der Waals surface area contributed by atoms with E-state index in [0.29, 0.717) is 11.5 Å². The smallest absolute Gasteiger partial charge is 0.250 e. The van der Waals surface area contributed by atoms with Crippen LogP contribution in [-0.4, -0.2) is 14.4 Å². The summed E-state index contributed by atoms with van der Waals surface area (Å²) in [6.07, 6.45) is 1.67. The van der Waals surface area contributed by atoms with Crippen molar-refractivity contribution in [2.75, 3.05) is 0 Å². The molecule has 0 fully saturated rings. The SMILES string of the molecule is CC(C)c1nc(=O)n2cc(Br)ccc2n1. The molecular formula is C10H10BrN3O. The highest BCUT2D eigenvalue weighted by Crippen LogP contribution is 2.11. The minimum absolute atomic E-state index is 0.159. The molecule has 0 unspecified atom stereocenters. The summed E-state index contributed by atoms with van der Waals surface area (Å²) in [5.41, 5.74) is 0.340. The molecule has 5 heteroatoms. The van der Waals surface area contributed by atoms with Crippen LogP contribution in [0.4, 0.5) is 0 Å². The van der Waals surface area contributed by atoms with Gasteiger partial charge in [-0.25, -0.2) is 9.78 Å². The van der Waals surface area contributed by atoms with Gasteiger partial charge < -0.3 is 0 Å². The molecule has 0 saturated carbocycles. The van der Waals surface area contributed by atoms with Gasteiger partial charge in [0.05, 0.1) is 0 Å². The van der Waals surface area contributed by atoms with Crippen LogP contribution in [0.1, 0.15) is 25.6 Å². The standard InChI is InChI=1S/C10H10BrN3O/c1-6(2)9-12-8-4-3-7(11)5-14(8)10(15)13-9/h3-6H,1-2H3. The summed E-state index contributed by atoms with van der Waals surface area (Å²) in [6, 6.07) is 3.64. The fourth-order valence-corrected chi connectivity index (χ4v) is 1.60. The van der Waals surface area contributed by atoms with Gasteiger partial charge in [0, 0.05) is 16.6 Å². The van der Waals surface area contributed by atoms with Crippen LogP contribution >= 0.6 is 15.9 Å². The Bertz CT molecular complexity index is 562. The lowest BCUT2D eigenvalue weighted by molar-refractivity contribution is 0.746. The number of hydrogen-bond acceptors (Lipinski definition) is 3. The second-order valence-electron chi connectivity index (χ2n) is 3.59. The molecule has 0 atom stereocenters. The second kappa shape index (κ2) is 3.73. The molecule has 15 heavy (non-hydrogen) atoms. The van der Waals surface area contributed by atoms with Crippen molar-refractivity contribution in [3.63, 3.8) is 0 Å². The highest BCUT2D eigenvalue weighted by atomic mass is 79.9. The molecule has 0 saturated heterocycles. The highest BCUT2D eigenvalue weighted by Gasteiger charge is 2.06. The quantitative estimate of drug-likeness (QED) is 0.794. The van der Waals surface area contributed by atoms with E-state index in [4.69, 9.17) is 0 Å². The van der Waals surface area contributed by atoms with Crippen LogP contribution in [0, 0.1) is 0 Å². The molecule has 0 aliphatic heterocycles. The van der Waals surface area contributed by atoms with Gasteiger partial charge in [0.2, 0.25) is 0 Å². The molecule has 0 aromatic carbocycles. The molecule has 2 aromatic rings. The summed E-state index contributed by atoms with van der Waals surface area (Å²) in [5.74, 6) is 0.744. The summed E-state index contributed by atoms with van der Waals surface area (Å²) in [5, 5.41) is 0. The number of nitrogens with zero attached hydrogens (tertiary/aromatic N) is 3. The van der Waals surface area contributed by atoms with E-state index in [-0.39, 0.29) is 11.6 Å². The van der Waals surface area contributed by atoms with Crippen molar-refractivity contribution < 1.29 is 0 Å². The van der Waals surface area contributed by atoms with E-state index < -0.39 is 0 Å². The number of pyridine rings is 1. The third-order valence-electron chi connectivity index (χ3n) is 2.05. The lowest BCUT2D eigenvalue weighted by Crippen LogP contribution is -2.21. The first kappa shape index (κ1) is 10.3. The van der Waals surface area contributed by atoms with Crippen molar-refractivity contribution in [3.8, 4) is 0 Å². The number of hydrogen-bond donors (Lipinski definition) is 0. The molecule has 0 aliphatic rings. The summed E-state index contributed by atoms with van der Waals surface area (Å²) < 4.78 is 2.26. The van der Waals surface area contributed by atoms with Crippen LogP contribution in [0.15, 0.2) is 27.6 Å². The Hall–Kier alpha value is -1.23. The Balaban J connectivity index is 2.79. The summed E-state index contributed by atoms with van der Waals surface area (Å²) in [6.45, 7) is 3.92. The van der Waals surface area contributed by atoms with Gasteiger partial charge in [0.1, 0.15) is 11.5 Å². The minimum Gasteiger partial charge on any atom is -0.250 e. The van der Waals surface area contributed by atoms with E-state index in [1.807, 2.05) is 19.9 Å². The van der Waals surface area contributed by atoms with E-state index in [0.717, 1.165) is 4.47 Å². The maximum absolute atomic E-state index is 11.6. The van der Waals surface area contributed by atoms with Crippen molar-refractivity contribution >= 4 is 21.6 Å². The first-order valence-corrected chi connectivity index (χ1v) is 5.43. The topological polar surface area (TPSA) is 47.3 Å². The largest absolute Gasteiger partial charge is 0.355 e. The molecule has 0 radical (unpaired) electrons. The zero-order valence-electron chi connectivity index (χ0n) is 8.44. The third kappa shape index (κ3) is 1.92. The lowest BCUT2D eigenvalue weighted by atomic mass is 10.2. The summed E-state index contributed by atoms with van der Waals surface area (Å²) in [4.78, 5) is 19.9. The first-order chi connectivity index (χ1) is 7.08. The zero-order chi connectivity index (χ0) is 11.0. The number of fused-ring (bicyclic) bond motifs is 1. The maximum Gasteiger partial charge on any atom is 0.355 e.